The van der Waals surface area contributed by atoms with Crippen molar-refractivity contribution < 1.29 is 27.5 Å². The number of hydrogen-bond donors (Lipinski definition) is 1. The maximum Gasteiger partial charge on any atom is 0.261 e. The van der Waals surface area contributed by atoms with Crippen LogP contribution >= 0.6 is 0 Å². The minimum Gasteiger partial charge on any atom is -0.494 e. The second-order valence-electron chi connectivity index (χ2n) is 8.21. The van der Waals surface area contributed by atoms with Crippen molar-refractivity contribution in [2.45, 2.75) is 30.8 Å². The molecule has 4 rings (SSSR count). The number of anilines is 1. The van der Waals surface area contributed by atoms with E-state index in [-0.39, 0.29) is 22.8 Å². The fourth-order valence-corrected chi connectivity index (χ4v) is 5.12. The molecule has 2 heterocycles. The highest BCUT2D eigenvalue weighted by Crippen LogP contribution is 2.21. The first-order chi connectivity index (χ1) is 16.4. The van der Waals surface area contributed by atoms with Gasteiger partial charge in [0.15, 0.2) is 0 Å². The largest absolute Gasteiger partial charge is 0.494 e. The van der Waals surface area contributed by atoms with Gasteiger partial charge in [0, 0.05) is 44.0 Å². The molecule has 34 heavy (non-hydrogen) atoms. The number of carbonyl (C=O) groups excluding carboxylic acids is 2. The molecule has 2 aromatic carbocycles. The molecular formula is C24H29N3O6S. The van der Waals surface area contributed by atoms with Gasteiger partial charge in [-0.25, -0.2) is 8.42 Å². The third kappa shape index (κ3) is 5.51. The van der Waals surface area contributed by atoms with Gasteiger partial charge >= 0.3 is 0 Å². The van der Waals surface area contributed by atoms with Crippen molar-refractivity contribution in [3.63, 3.8) is 0 Å². The molecule has 0 bridgehead atoms. The first-order valence-corrected chi connectivity index (χ1v) is 12.9. The van der Waals surface area contributed by atoms with Crippen LogP contribution in [0.3, 0.4) is 0 Å². The lowest BCUT2D eigenvalue weighted by Crippen LogP contribution is -2.52. The van der Waals surface area contributed by atoms with Crippen LogP contribution in [0.2, 0.25) is 0 Å². The Balaban J connectivity index is 1.34. The molecule has 2 saturated heterocycles. The first kappa shape index (κ1) is 24.0. The van der Waals surface area contributed by atoms with Gasteiger partial charge in [-0.15, -0.1) is 0 Å². The van der Waals surface area contributed by atoms with Gasteiger partial charge in [0.2, 0.25) is 0 Å². The van der Waals surface area contributed by atoms with Crippen molar-refractivity contribution in [3.8, 4) is 5.75 Å². The average molecular weight is 488 g/mol. The van der Waals surface area contributed by atoms with Crippen molar-refractivity contribution in [2.75, 3.05) is 44.1 Å². The summed E-state index contributed by atoms with van der Waals surface area (Å²) in [5, 5.41) is 0. The Kier molecular flexibility index (Phi) is 7.38. The molecule has 1 unspecified atom stereocenters. The molecule has 2 aliphatic heterocycles. The number of hydrogen-bond acceptors (Lipinski definition) is 6. The summed E-state index contributed by atoms with van der Waals surface area (Å²) in [6.07, 6.45) is 1.30. The molecule has 0 saturated carbocycles. The molecule has 0 radical (unpaired) electrons. The van der Waals surface area contributed by atoms with E-state index >= 15 is 0 Å². The lowest BCUT2D eigenvalue weighted by Gasteiger charge is -2.35. The van der Waals surface area contributed by atoms with E-state index in [1.165, 1.54) is 24.3 Å². The number of piperazine rings is 1. The summed E-state index contributed by atoms with van der Waals surface area (Å²) in [5.74, 6) is 0.470. The highest BCUT2D eigenvalue weighted by Gasteiger charge is 2.31. The summed E-state index contributed by atoms with van der Waals surface area (Å²) in [5.41, 5.74) is 0.818. The topological polar surface area (TPSA) is 105 Å². The number of amides is 2. The molecule has 2 aromatic rings. The number of ether oxygens (including phenoxy) is 2. The lowest BCUT2D eigenvalue weighted by atomic mass is 10.1. The van der Waals surface area contributed by atoms with E-state index in [0.717, 1.165) is 12.8 Å². The summed E-state index contributed by atoms with van der Waals surface area (Å²) in [6.45, 7) is 4.80. The van der Waals surface area contributed by atoms with E-state index in [2.05, 4.69) is 4.72 Å². The van der Waals surface area contributed by atoms with Crippen LogP contribution in [0.25, 0.3) is 0 Å². The number of rotatable bonds is 7. The van der Waals surface area contributed by atoms with Gasteiger partial charge in [-0.2, -0.15) is 0 Å². The number of benzene rings is 2. The summed E-state index contributed by atoms with van der Waals surface area (Å²) in [7, 11) is -3.80. The van der Waals surface area contributed by atoms with Gasteiger partial charge in [0.25, 0.3) is 21.8 Å². The Bertz CT molecular complexity index is 1100. The molecule has 0 spiro atoms. The second-order valence-corrected chi connectivity index (χ2v) is 9.89. The van der Waals surface area contributed by atoms with E-state index in [1.54, 1.807) is 34.1 Å². The molecule has 10 heteroatoms. The summed E-state index contributed by atoms with van der Waals surface area (Å²) >= 11 is 0. The van der Waals surface area contributed by atoms with E-state index in [9.17, 15) is 18.0 Å². The normalized spacial score (nSPS) is 18.6. The van der Waals surface area contributed by atoms with Gasteiger partial charge in [0.1, 0.15) is 11.9 Å². The monoisotopic (exact) mass is 487 g/mol. The van der Waals surface area contributed by atoms with Crippen LogP contribution in [0, 0.1) is 0 Å². The minimum atomic E-state index is -3.80. The Morgan fingerprint density at radius 1 is 1.00 bits per heavy atom. The van der Waals surface area contributed by atoms with Gasteiger partial charge in [-0.1, -0.05) is 0 Å². The van der Waals surface area contributed by atoms with Crippen molar-refractivity contribution >= 4 is 27.5 Å². The number of sulfonamides is 1. The Morgan fingerprint density at radius 2 is 1.65 bits per heavy atom. The highest BCUT2D eigenvalue weighted by molar-refractivity contribution is 7.92. The highest BCUT2D eigenvalue weighted by atomic mass is 32.2. The fraction of sp³-hybridized carbons (Fsp3) is 0.417. The zero-order valence-electron chi connectivity index (χ0n) is 19.1. The molecule has 2 fully saturated rings. The Hall–Kier alpha value is -3.11. The fourth-order valence-electron chi connectivity index (χ4n) is 4.07. The van der Waals surface area contributed by atoms with Crippen molar-refractivity contribution in [1.29, 1.82) is 0 Å². The first-order valence-electron chi connectivity index (χ1n) is 11.4. The maximum absolute atomic E-state index is 12.9. The molecule has 2 amide bonds. The van der Waals surface area contributed by atoms with Crippen molar-refractivity contribution in [2.24, 2.45) is 0 Å². The van der Waals surface area contributed by atoms with E-state index in [4.69, 9.17) is 9.47 Å². The number of nitrogens with one attached hydrogen (secondary N) is 1. The van der Waals surface area contributed by atoms with Crippen LogP contribution < -0.4 is 9.46 Å². The molecular weight excluding hydrogens is 458 g/mol. The molecule has 1 N–H and O–H groups in total. The predicted octanol–water partition coefficient (Wildman–Crippen LogP) is 2.35. The van der Waals surface area contributed by atoms with Crippen molar-refractivity contribution in [3.05, 3.63) is 54.1 Å². The van der Waals surface area contributed by atoms with Crippen LogP contribution in [0.1, 0.15) is 30.1 Å². The van der Waals surface area contributed by atoms with Crippen LogP contribution in [-0.2, 0) is 19.6 Å². The van der Waals surface area contributed by atoms with Crippen molar-refractivity contribution in [1.82, 2.24) is 9.80 Å². The summed E-state index contributed by atoms with van der Waals surface area (Å²) in [4.78, 5) is 28.9. The summed E-state index contributed by atoms with van der Waals surface area (Å²) in [6, 6.07) is 12.5. The summed E-state index contributed by atoms with van der Waals surface area (Å²) < 4.78 is 38.8. The molecule has 0 aliphatic carbocycles. The minimum absolute atomic E-state index is 0.000752. The molecule has 9 nitrogen and oxygen atoms in total. The van der Waals surface area contributed by atoms with Crippen LogP contribution in [-0.4, -0.2) is 75.5 Å². The number of nitrogens with zero attached hydrogens (tertiary/aromatic N) is 2. The SMILES string of the molecule is CCOc1ccc(NS(=O)(=O)c2ccc(C(=O)N3CCN(C(=O)C4CCCO4)CC3)cc2)cc1. The second kappa shape index (κ2) is 10.4. The lowest BCUT2D eigenvalue weighted by molar-refractivity contribution is -0.142. The maximum atomic E-state index is 12.9. The van der Waals surface area contributed by atoms with Crippen LogP contribution in [0.4, 0.5) is 5.69 Å². The smallest absolute Gasteiger partial charge is 0.261 e. The zero-order valence-corrected chi connectivity index (χ0v) is 19.9. The zero-order chi connectivity index (χ0) is 24.1. The Morgan fingerprint density at radius 3 is 2.24 bits per heavy atom. The van der Waals surface area contributed by atoms with Gasteiger partial charge in [-0.05, 0) is 68.3 Å². The van der Waals surface area contributed by atoms with E-state index < -0.39 is 10.0 Å². The third-order valence-electron chi connectivity index (χ3n) is 5.91. The van der Waals surface area contributed by atoms with E-state index in [1.807, 2.05) is 6.92 Å². The number of carbonyl (C=O) groups is 2. The Labute approximate surface area is 199 Å². The molecule has 1 atom stereocenters. The van der Waals surface area contributed by atoms with Gasteiger partial charge in [-0.3, -0.25) is 14.3 Å². The molecule has 0 aromatic heterocycles. The molecule has 2 aliphatic rings. The van der Waals surface area contributed by atoms with Gasteiger partial charge in [0.05, 0.1) is 11.5 Å². The third-order valence-corrected chi connectivity index (χ3v) is 7.31. The van der Waals surface area contributed by atoms with Gasteiger partial charge < -0.3 is 19.3 Å². The van der Waals surface area contributed by atoms with Crippen LogP contribution in [0.5, 0.6) is 5.75 Å². The quantitative estimate of drug-likeness (QED) is 0.643. The predicted molar refractivity (Wildman–Crippen MR) is 126 cm³/mol. The van der Waals surface area contributed by atoms with Crippen LogP contribution in [0.15, 0.2) is 53.4 Å². The standard InChI is InChI=1S/C24H29N3O6S/c1-2-32-20-9-7-19(8-10-20)25-34(30,31)21-11-5-18(6-12-21)23(28)26-13-15-27(16-14-26)24(29)22-4-3-17-33-22/h5-12,22,25H,2-4,13-17H2,1H3. The van der Waals surface area contributed by atoms with E-state index in [0.29, 0.717) is 56.4 Å². The molecule has 182 valence electrons. The average Bonchev–Trinajstić information content (AvgIpc) is 3.40.